The van der Waals surface area contributed by atoms with Crippen molar-refractivity contribution in [2.45, 2.75) is 25.3 Å². The van der Waals surface area contributed by atoms with Gasteiger partial charge >= 0.3 is 0 Å². The van der Waals surface area contributed by atoms with E-state index >= 15 is 0 Å². The van der Waals surface area contributed by atoms with Crippen LogP contribution in [0.3, 0.4) is 0 Å². The molecule has 1 aliphatic carbocycles. The standard InChI is InChI=1S/C19H16ClN3O/c20-14-7-2-1-6-13(14)18-17-15(8-3-9-16(17)24)22-19(23-18)12-5-4-10-21-11-12/h1-2,4-7,10-11,18H,3,8-9H2,(H,22,23)/t18-/m0/s1. The summed E-state index contributed by atoms with van der Waals surface area (Å²) < 4.78 is 0. The third kappa shape index (κ3) is 2.63. The number of carbonyl (C=O) groups is 1. The van der Waals surface area contributed by atoms with Crippen molar-refractivity contribution in [2.24, 2.45) is 4.99 Å². The summed E-state index contributed by atoms with van der Waals surface area (Å²) in [6, 6.07) is 11.1. The monoisotopic (exact) mass is 337 g/mol. The minimum atomic E-state index is -0.363. The summed E-state index contributed by atoms with van der Waals surface area (Å²) >= 11 is 6.39. The van der Waals surface area contributed by atoms with Gasteiger partial charge in [-0.25, -0.2) is 0 Å². The molecule has 2 aliphatic rings. The molecule has 1 atom stereocenters. The number of rotatable bonds is 2. The minimum Gasteiger partial charge on any atom is -0.343 e. The molecule has 1 aromatic carbocycles. The van der Waals surface area contributed by atoms with E-state index in [0.29, 0.717) is 11.4 Å². The lowest BCUT2D eigenvalue weighted by Crippen LogP contribution is -2.35. The first-order valence-electron chi connectivity index (χ1n) is 8.00. The largest absolute Gasteiger partial charge is 0.343 e. The maximum absolute atomic E-state index is 12.5. The number of halogens is 1. The first kappa shape index (κ1) is 15.1. The van der Waals surface area contributed by atoms with Gasteiger partial charge in [0.15, 0.2) is 5.78 Å². The first-order chi connectivity index (χ1) is 11.7. The van der Waals surface area contributed by atoms with Crippen LogP contribution in [0.5, 0.6) is 0 Å². The molecule has 1 aromatic heterocycles. The Balaban J connectivity index is 1.86. The zero-order chi connectivity index (χ0) is 16.5. The van der Waals surface area contributed by atoms with Gasteiger partial charge in [0.05, 0.1) is 0 Å². The van der Waals surface area contributed by atoms with E-state index in [1.807, 2.05) is 36.4 Å². The number of nitrogens with one attached hydrogen (secondary N) is 1. The Morgan fingerprint density at radius 1 is 1.12 bits per heavy atom. The molecule has 24 heavy (non-hydrogen) atoms. The van der Waals surface area contributed by atoms with Crippen LogP contribution in [0.4, 0.5) is 0 Å². The van der Waals surface area contributed by atoms with Gasteiger partial charge in [-0.2, -0.15) is 0 Å². The van der Waals surface area contributed by atoms with Crippen molar-refractivity contribution in [3.8, 4) is 0 Å². The molecule has 2 heterocycles. The third-order valence-electron chi connectivity index (χ3n) is 4.39. The molecule has 1 aliphatic heterocycles. The molecule has 4 nitrogen and oxygen atoms in total. The molecular formula is C19H16ClN3O. The van der Waals surface area contributed by atoms with Crippen molar-refractivity contribution in [3.63, 3.8) is 0 Å². The number of pyridine rings is 1. The lowest BCUT2D eigenvalue weighted by atomic mass is 9.85. The van der Waals surface area contributed by atoms with E-state index in [1.165, 1.54) is 0 Å². The van der Waals surface area contributed by atoms with E-state index < -0.39 is 0 Å². The second-order valence-electron chi connectivity index (χ2n) is 5.94. The summed E-state index contributed by atoms with van der Waals surface area (Å²) in [4.78, 5) is 21.5. The average Bonchev–Trinajstić information content (AvgIpc) is 2.62. The minimum absolute atomic E-state index is 0.155. The van der Waals surface area contributed by atoms with Crippen molar-refractivity contribution in [1.29, 1.82) is 0 Å². The summed E-state index contributed by atoms with van der Waals surface area (Å²) in [7, 11) is 0. The van der Waals surface area contributed by atoms with Gasteiger partial charge in [-0.15, -0.1) is 0 Å². The van der Waals surface area contributed by atoms with E-state index in [2.05, 4.69) is 10.3 Å². The summed E-state index contributed by atoms with van der Waals surface area (Å²) in [5, 5.41) is 3.98. The Kier molecular flexibility index (Phi) is 3.90. The molecule has 5 heteroatoms. The Hall–Kier alpha value is -2.46. The molecule has 0 fully saturated rings. The fourth-order valence-electron chi connectivity index (χ4n) is 3.25. The predicted octanol–water partition coefficient (Wildman–Crippen LogP) is 3.83. The topological polar surface area (TPSA) is 54.4 Å². The summed E-state index contributed by atoms with van der Waals surface area (Å²) in [6.45, 7) is 0. The molecule has 0 unspecified atom stereocenters. The van der Waals surface area contributed by atoms with Gasteiger partial charge in [-0.05, 0) is 36.6 Å². The van der Waals surface area contributed by atoms with Crippen LogP contribution >= 0.6 is 11.6 Å². The molecule has 0 saturated carbocycles. The highest BCUT2D eigenvalue weighted by Crippen LogP contribution is 2.39. The highest BCUT2D eigenvalue weighted by atomic mass is 35.5. The SMILES string of the molecule is O=C1CCCC2=C1[C@H](c1ccccc1Cl)N=C(c1cccnc1)N2. The number of Topliss-reactive ketones (excluding diaryl/α,β-unsaturated/α-hetero) is 1. The molecule has 120 valence electrons. The fourth-order valence-corrected chi connectivity index (χ4v) is 3.49. The summed E-state index contributed by atoms with van der Waals surface area (Å²) in [6.07, 6.45) is 5.78. The Labute approximate surface area is 145 Å². The number of nitrogens with zero attached hydrogens (tertiary/aromatic N) is 2. The molecule has 2 aromatic rings. The fraction of sp³-hybridized carbons (Fsp3) is 0.211. The van der Waals surface area contributed by atoms with E-state index in [4.69, 9.17) is 16.6 Å². The van der Waals surface area contributed by atoms with Gasteiger partial charge in [-0.1, -0.05) is 29.8 Å². The quantitative estimate of drug-likeness (QED) is 0.906. The van der Waals surface area contributed by atoms with Gasteiger partial charge in [0.1, 0.15) is 11.9 Å². The number of hydrogen-bond donors (Lipinski definition) is 1. The zero-order valence-electron chi connectivity index (χ0n) is 13.0. The van der Waals surface area contributed by atoms with Gasteiger partial charge < -0.3 is 5.32 Å². The number of amidine groups is 1. The molecule has 1 N–H and O–H groups in total. The normalized spacial score (nSPS) is 20.3. The summed E-state index contributed by atoms with van der Waals surface area (Å²) in [5.41, 5.74) is 3.48. The highest BCUT2D eigenvalue weighted by Gasteiger charge is 2.33. The molecule has 0 saturated heterocycles. The van der Waals surface area contributed by atoms with Gasteiger partial charge in [0.25, 0.3) is 0 Å². The Morgan fingerprint density at radius 3 is 2.79 bits per heavy atom. The van der Waals surface area contributed by atoms with Crippen LogP contribution in [0.1, 0.15) is 36.4 Å². The number of hydrogen-bond acceptors (Lipinski definition) is 4. The van der Waals surface area contributed by atoms with E-state index in [0.717, 1.165) is 41.1 Å². The van der Waals surface area contributed by atoms with Crippen LogP contribution in [0.25, 0.3) is 0 Å². The Morgan fingerprint density at radius 2 is 2.00 bits per heavy atom. The van der Waals surface area contributed by atoms with Crippen molar-refractivity contribution in [3.05, 3.63) is 76.2 Å². The van der Waals surface area contributed by atoms with Crippen LogP contribution in [0.15, 0.2) is 65.1 Å². The van der Waals surface area contributed by atoms with Crippen molar-refractivity contribution < 1.29 is 4.79 Å². The second kappa shape index (κ2) is 6.21. The van der Waals surface area contributed by atoms with Crippen LogP contribution in [0.2, 0.25) is 5.02 Å². The maximum Gasteiger partial charge on any atom is 0.163 e. The van der Waals surface area contributed by atoms with Crippen LogP contribution in [-0.4, -0.2) is 16.6 Å². The smallest absolute Gasteiger partial charge is 0.163 e. The van der Waals surface area contributed by atoms with Crippen molar-refractivity contribution in [2.75, 3.05) is 0 Å². The molecule has 0 radical (unpaired) electrons. The molecule has 0 bridgehead atoms. The van der Waals surface area contributed by atoms with Crippen LogP contribution < -0.4 is 5.32 Å². The molecular weight excluding hydrogens is 322 g/mol. The number of allylic oxidation sites excluding steroid dienone is 1. The third-order valence-corrected chi connectivity index (χ3v) is 4.74. The molecule has 0 amide bonds. The number of ketones is 1. The molecule has 4 rings (SSSR count). The number of aliphatic imine (C=N–C) groups is 1. The number of benzene rings is 1. The molecule has 0 spiro atoms. The van der Waals surface area contributed by atoms with Crippen molar-refractivity contribution in [1.82, 2.24) is 10.3 Å². The lowest BCUT2D eigenvalue weighted by molar-refractivity contribution is -0.116. The van der Waals surface area contributed by atoms with Crippen molar-refractivity contribution >= 4 is 23.2 Å². The van der Waals surface area contributed by atoms with Gasteiger partial charge in [0, 0.05) is 40.7 Å². The highest BCUT2D eigenvalue weighted by molar-refractivity contribution is 6.31. The second-order valence-corrected chi connectivity index (χ2v) is 6.34. The summed E-state index contributed by atoms with van der Waals surface area (Å²) in [5.74, 6) is 0.893. The Bertz CT molecular complexity index is 858. The van der Waals surface area contributed by atoms with Gasteiger partial charge in [-0.3, -0.25) is 14.8 Å². The first-order valence-corrected chi connectivity index (χ1v) is 8.38. The maximum atomic E-state index is 12.5. The lowest BCUT2D eigenvalue weighted by Gasteiger charge is -2.31. The van der Waals surface area contributed by atoms with Crippen LogP contribution in [-0.2, 0) is 4.79 Å². The van der Waals surface area contributed by atoms with E-state index in [-0.39, 0.29) is 11.8 Å². The van der Waals surface area contributed by atoms with E-state index in [9.17, 15) is 4.79 Å². The zero-order valence-corrected chi connectivity index (χ0v) is 13.8. The van der Waals surface area contributed by atoms with Gasteiger partial charge in [0.2, 0.25) is 0 Å². The number of carbonyl (C=O) groups excluding carboxylic acids is 1. The van der Waals surface area contributed by atoms with Crippen LogP contribution in [0, 0.1) is 0 Å². The number of aromatic nitrogens is 1. The van der Waals surface area contributed by atoms with E-state index in [1.54, 1.807) is 12.4 Å². The predicted molar refractivity (Wildman–Crippen MR) is 94.0 cm³/mol. The average molecular weight is 338 g/mol.